The van der Waals surface area contributed by atoms with E-state index < -0.39 is 21.9 Å². The van der Waals surface area contributed by atoms with E-state index in [1.54, 1.807) is 31.2 Å². The number of H-pyrrole nitrogens is 1. The van der Waals surface area contributed by atoms with E-state index >= 15 is 0 Å². The first-order chi connectivity index (χ1) is 14.7. The van der Waals surface area contributed by atoms with Crippen molar-refractivity contribution in [3.05, 3.63) is 69.5 Å². The minimum absolute atomic E-state index is 0.122. The molecule has 160 valence electrons. The molecular formula is C20H17ClN4O5S. The Bertz CT molecular complexity index is 1330. The number of fused-ring (bicyclic) bond motifs is 1. The smallest absolute Gasteiger partial charge is 0.356 e. The number of hydrogen-bond donors (Lipinski definition) is 4. The van der Waals surface area contributed by atoms with E-state index in [1.165, 1.54) is 12.1 Å². The first-order valence-corrected chi connectivity index (χ1v) is 11.2. The van der Waals surface area contributed by atoms with Crippen molar-refractivity contribution >= 4 is 39.2 Å². The van der Waals surface area contributed by atoms with E-state index in [0.29, 0.717) is 27.4 Å². The number of hydrogen-bond acceptors (Lipinski definition) is 5. The summed E-state index contributed by atoms with van der Waals surface area (Å²) in [4.78, 5) is 30.7. The fraction of sp³-hybridized carbons (Fsp3) is 0.150. The number of aryl methyl sites for hydroxylation is 1. The average molecular weight is 461 g/mol. The summed E-state index contributed by atoms with van der Waals surface area (Å²) < 4.78 is 28.0. The van der Waals surface area contributed by atoms with Gasteiger partial charge in [-0.15, -0.1) is 0 Å². The predicted octanol–water partition coefficient (Wildman–Crippen LogP) is 2.92. The lowest BCUT2D eigenvalue weighted by Crippen LogP contribution is -2.16. The number of rotatable bonds is 6. The average Bonchev–Trinajstić information content (AvgIpc) is 3.27. The number of imidazole rings is 1. The molecule has 3 aromatic rings. The molecule has 1 aromatic heterocycles. The number of carbonyl (C=O) groups excluding carboxylic acids is 1. The third kappa shape index (κ3) is 3.99. The van der Waals surface area contributed by atoms with Crippen molar-refractivity contribution < 1.29 is 23.1 Å². The quantitative estimate of drug-likeness (QED) is 0.445. The summed E-state index contributed by atoms with van der Waals surface area (Å²) in [6, 6.07) is 9.69. The number of sulfonamides is 1. The summed E-state index contributed by atoms with van der Waals surface area (Å²) in [5, 5.41) is 12.2. The zero-order valence-electron chi connectivity index (χ0n) is 16.2. The molecule has 0 radical (unpaired) electrons. The molecule has 1 amide bonds. The maximum absolute atomic E-state index is 12.7. The lowest BCUT2D eigenvalue weighted by atomic mass is 10.0. The molecule has 0 aliphatic carbocycles. The number of nitrogens with zero attached hydrogens (tertiary/aromatic N) is 1. The number of aromatic amines is 1. The second-order valence-electron chi connectivity index (χ2n) is 7.01. The highest BCUT2D eigenvalue weighted by Gasteiger charge is 2.29. The van der Waals surface area contributed by atoms with Gasteiger partial charge in [0.2, 0.25) is 10.0 Å². The van der Waals surface area contributed by atoms with E-state index in [1.807, 2.05) is 0 Å². The summed E-state index contributed by atoms with van der Waals surface area (Å²) in [5.74, 6) is -1.70. The van der Waals surface area contributed by atoms with Gasteiger partial charge in [-0.25, -0.2) is 18.2 Å². The van der Waals surface area contributed by atoms with Crippen molar-refractivity contribution in [1.29, 1.82) is 0 Å². The highest BCUT2D eigenvalue weighted by atomic mass is 35.5. The molecule has 9 nitrogen and oxygen atoms in total. The molecule has 0 bridgehead atoms. The molecule has 4 N–H and O–H groups in total. The van der Waals surface area contributed by atoms with Gasteiger partial charge >= 0.3 is 5.97 Å². The Morgan fingerprint density at radius 1 is 1.26 bits per heavy atom. The molecule has 4 rings (SSSR count). The lowest BCUT2D eigenvalue weighted by Gasteiger charge is -2.13. The minimum Gasteiger partial charge on any atom is -0.476 e. The summed E-state index contributed by atoms with van der Waals surface area (Å²) >= 11 is 6.07. The van der Waals surface area contributed by atoms with E-state index in [4.69, 9.17) is 11.6 Å². The Morgan fingerprint density at radius 2 is 2.00 bits per heavy atom. The molecule has 1 aliphatic heterocycles. The topological polar surface area (TPSA) is 141 Å². The van der Waals surface area contributed by atoms with Crippen LogP contribution in [0.25, 0.3) is 11.4 Å². The lowest BCUT2D eigenvalue weighted by molar-refractivity contribution is 0.0690. The number of anilines is 1. The van der Waals surface area contributed by atoms with Crippen LogP contribution in [0.15, 0.2) is 36.4 Å². The van der Waals surface area contributed by atoms with Crippen LogP contribution in [-0.2, 0) is 22.3 Å². The van der Waals surface area contributed by atoms with Crippen molar-refractivity contribution in [2.24, 2.45) is 0 Å². The zero-order chi connectivity index (χ0) is 22.3. The number of carboxylic acids is 1. The Labute approximate surface area is 182 Å². The highest BCUT2D eigenvalue weighted by Crippen LogP contribution is 2.34. The molecule has 31 heavy (non-hydrogen) atoms. The van der Waals surface area contributed by atoms with Crippen LogP contribution < -0.4 is 10.0 Å². The van der Waals surface area contributed by atoms with E-state index in [2.05, 4.69) is 20.0 Å². The van der Waals surface area contributed by atoms with Crippen molar-refractivity contribution in [1.82, 2.24) is 15.3 Å². The summed E-state index contributed by atoms with van der Waals surface area (Å²) in [6.45, 7) is 1.69. The monoisotopic (exact) mass is 460 g/mol. The fourth-order valence-electron chi connectivity index (χ4n) is 3.46. The van der Waals surface area contributed by atoms with Gasteiger partial charge in [0.05, 0.1) is 17.0 Å². The van der Waals surface area contributed by atoms with Gasteiger partial charge in [-0.2, -0.15) is 0 Å². The van der Waals surface area contributed by atoms with Gasteiger partial charge in [0, 0.05) is 28.4 Å². The van der Waals surface area contributed by atoms with Crippen LogP contribution in [0.5, 0.6) is 0 Å². The van der Waals surface area contributed by atoms with Gasteiger partial charge in [-0.05, 0) is 30.7 Å². The maximum atomic E-state index is 12.7. The third-order valence-electron chi connectivity index (χ3n) is 4.88. The normalized spacial score (nSPS) is 13.0. The molecule has 2 aromatic carbocycles. The van der Waals surface area contributed by atoms with Crippen LogP contribution >= 0.6 is 11.6 Å². The van der Waals surface area contributed by atoms with E-state index in [-0.39, 0.29) is 35.1 Å². The van der Waals surface area contributed by atoms with Crippen LogP contribution in [0.4, 0.5) is 5.69 Å². The van der Waals surface area contributed by atoms with Gasteiger partial charge in [0.15, 0.2) is 5.69 Å². The number of aromatic carboxylic acids is 1. The first-order valence-electron chi connectivity index (χ1n) is 9.14. The highest BCUT2D eigenvalue weighted by molar-refractivity contribution is 7.91. The standard InChI is InChI=1S/C20H17ClN4O5S/c1-10-17(20(27)28)24-18(23-10)12-6-7-15(13-8-22-19(26)16(12)13)25-31(29,30)9-11-4-2-3-5-14(11)21/h2-7,25H,8-9H2,1H3,(H,22,26)(H,23,24)(H,27,28). The summed E-state index contributed by atoms with van der Waals surface area (Å²) in [7, 11) is -3.82. The third-order valence-corrected chi connectivity index (χ3v) is 6.47. The van der Waals surface area contributed by atoms with Crippen molar-refractivity contribution in [3.8, 4) is 11.4 Å². The second kappa shape index (κ2) is 7.71. The molecule has 2 heterocycles. The minimum atomic E-state index is -3.82. The molecule has 0 saturated heterocycles. The van der Waals surface area contributed by atoms with E-state index in [9.17, 15) is 23.1 Å². The summed E-state index contributed by atoms with van der Waals surface area (Å²) in [6.07, 6.45) is 0. The number of amides is 1. The molecule has 0 atom stereocenters. The number of aromatic nitrogens is 2. The van der Waals surface area contributed by atoms with Crippen LogP contribution in [0.2, 0.25) is 5.02 Å². The Morgan fingerprint density at radius 3 is 2.68 bits per heavy atom. The predicted molar refractivity (Wildman–Crippen MR) is 115 cm³/mol. The SMILES string of the molecule is Cc1[nH]c(-c2ccc(NS(=O)(=O)Cc3ccccc3Cl)c3c2C(=O)NC3)nc1C(=O)O. The number of carboxylic acid groups (broad SMARTS) is 1. The Kier molecular flexibility index (Phi) is 5.19. The van der Waals surface area contributed by atoms with Gasteiger partial charge in [0.25, 0.3) is 5.91 Å². The van der Waals surface area contributed by atoms with Gasteiger partial charge < -0.3 is 15.4 Å². The van der Waals surface area contributed by atoms with Crippen LogP contribution in [0.3, 0.4) is 0 Å². The molecule has 0 unspecified atom stereocenters. The molecule has 0 spiro atoms. The van der Waals surface area contributed by atoms with Crippen molar-refractivity contribution in [3.63, 3.8) is 0 Å². The van der Waals surface area contributed by atoms with Crippen LogP contribution in [0, 0.1) is 6.92 Å². The van der Waals surface area contributed by atoms with Crippen LogP contribution in [-0.4, -0.2) is 35.4 Å². The summed E-state index contributed by atoms with van der Waals surface area (Å²) in [5.41, 5.74) is 1.98. The Hall–Kier alpha value is -3.37. The zero-order valence-corrected chi connectivity index (χ0v) is 17.8. The number of halogens is 1. The Balaban J connectivity index is 1.72. The van der Waals surface area contributed by atoms with Crippen LogP contribution in [0.1, 0.15) is 37.7 Å². The van der Waals surface area contributed by atoms with Gasteiger partial charge in [-0.1, -0.05) is 29.8 Å². The van der Waals surface area contributed by atoms with Gasteiger partial charge in [0.1, 0.15) is 5.82 Å². The fourth-order valence-corrected chi connectivity index (χ4v) is 5.00. The van der Waals surface area contributed by atoms with E-state index in [0.717, 1.165) is 0 Å². The van der Waals surface area contributed by atoms with Gasteiger partial charge in [-0.3, -0.25) is 9.52 Å². The number of carbonyl (C=O) groups is 2. The maximum Gasteiger partial charge on any atom is 0.356 e. The number of benzene rings is 2. The molecule has 1 aliphatic rings. The van der Waals surface area contributed by atoms with Crippen molar-refractivity contribution in [2.75, 3.05) is 4.72 Å². The molecular weight excluding hydrogens is 444 g/mol. The van der Waals surface area contributed by atoms with Crippen molar-refractivity contribution in [2.45, 2.75) is 19.2 Å². The molecule has 0 fully saturated rings. The molecule has 0 saturated carbocycles. The largest absolute Gasteiger partial charge is 0.476 e. The second-order valence-corrected chi connectivity index (χ2v) is 9.14. The number of nitrogens with one attached hydrogen (secondary N) is 3. The first kappa shape index (κ1) is 20.9. The molecule has 11 heteroatoms.